The van der Waals surface area contributed by atoms with E-state index in [1.54, 1.807) is 0 Å². The zero-order valence-electron chi connectivity index (χ0n) is 9.39. The summed E-state index contributed by atoms with van der Waals surface area (Å²) in [7, 11) is 1.18. The van der Waals surface area contributed by atoms with Crippen LogP contribution in [0.1, 0.15) is 24.2 Å². The Morgan fingerprint density at radius 3 is 2.44 bits per heavy atom. The van der Waals surface area contributed by atoms with Crippen LogP contribution in [0.5, 0.6) is 0 Å². The number of non-ortho nitro benzene ring substituents is 1. The van der Waals surface area contributed by atoms with Crippen LogP contribution in [-0.2, 0) is 4.74 Å². The normalized spacial score (nSPS) is 8.69. The van der Waals surface area contributed by atoms with Crippen molar-refractivity contribution in [3.8, 4) is 0 Å². The molecule has 0 aliphatic heterocycles. The van der Waals surface area contributed by atoms with Crippen LogP contribution in [0, 0.1) is 10.1 Å². The zero-order valence-corrected chi connectivity index (χ0v) is 9.39. The third kappa shape index (κ3) is 3.23. The SMILES string of the molecule is CC.COC(=O)c1cc([N+](=O)[O-])ccc1N. The van der Waals surface area contributed by atoms with Crippen molar-refractivity contribution in [3.05, 3.63) is 33.9 Å². The van der Waals surface area contributed by atoms with Gasteiger partial charge in [0.25, 0.3) is 5.69 Å². The lowest BCUT2D eigenvalue weighted by Gasteiger charge is -2.02. The van der Waals surface area contributed by atoms with Crippen LogP contribution in [-0.4, -0.2) is 18.0 Å². The van der Waals surface area contributed by atoms with Gasteiger partial charge in [-0.15, -0.1) is 0 Å². The van der Waals surface area contributed by atoms with Gasteiger partial charge < -0.3 is 10.5 Å². The third-order valence-electron chi connectivity index (χ3n) is 1.65. The average molecular weight is 226 g/mol. The quantitative estimate of drug-likeness (QED) is 0.360. The van der Waals surface area contributed by atoms with Gasteiger partial charge in [0.15, 0.2) is 0 Å². The molecule has 88 valence electrons. The highest BCUT2D eigenvalue weighted by atomic mass is 16.6. The van der Waals surface area contributed by atoms with Crippen LogP contribution in [0.3, 0.4) is 0 Å². The molecular weight excluding hydrogens is 212 g/mol. The van der Waals surface area contributed by atoms with E-state index in [9.17, 15) is 14.9 Å². The van der Waals surface area contributed by atoms with Gasteiger partial charge in [-0.3, -0.25) is 10.1 Å². The molecule has 1 rings (SSSR count). The molecule has 1 aromatic carbocycles. The molecule has 0 spiro atoms. The summed E-state index contributed by atoms with van der Waals surface area (Å²) >= 11 is 0. The molecular formula is C10H14N2O4. The summed E-state index contributed by atoms with van der Waals surface area (Å²) in [6.07, 6.45) is 0. The number of nitro benzene ring substituents is 1. The number of nitro groups is 1. The van der Waals surface area contributed by atoms with E-state index in [0.717, 1.165) is 6.07 Å². The molecule has 0 aliphatic carbocycles. The van der Waals surface area contributed by atoms with Crippen molar-refractivity contribution < 1.29 is 14.5 Å². The Labute approximate surface area is 93.2 Å². The lowest BCUT2D eigenvalue weighted by Crippen LogP contribution is -2.06. The Kier molecular flexibility index (Phi) is 5.55. The topological polar surface area (TPSA) is 95.5 Å². The lowest BCUT2D eigenvalue weighted by molar-refractivity contribution is -0.384. The van der Waals surface area contributed by atoms with Gasteiger partial charge in [-0.2, -0.15) is 0 Å². The predicted octanol–water partition coefficient (Wildman–Crippen LogP) is 1.99. The van der Waals surface area contributed by atoms with Gasteiger partial charge in [0.2, 0.25) is 0 Å². The monoisotopic (exact) mass is 226 g/mol. The molecule has 0 aromatic heterocycles. The van der Waals surface area contributed by atoms with Crippen molar-refractivity contribution in [2.45, 2.75) is 13.8 Å². The molecule has 2 N–H and O–H groups in total. The number of hydrogen-bond acceptors (Lipinski definition) is 5. The first kappa shape index (κ1) is 13.9. The smallest absolute Gasteiger partial charge is 0.340 e. The van der Waals surface area contributed by atoms with E-state index in [2.05, 4.69) is 4.74 Å². The van der Waals surface area contributed by atoms with Crippen molar-refractivity contribution in [3.63, 3.8) is 0 Å². The summed E-state index contributed by atoms with van der Waals surface area (Å²) in [5, 5.41) is 10.4. The number of anilines is 1. The minimum atomic E-state index is -0.689. The summed E-state index contributed by atoms with van der Waals surface area (Å²) in [5.41, 5.74) is 5.40. The Balaban J connectivity index is 0.00000106. The molecule has 0 amide bonds. The zero-order chi connectivity index (χ0) is 12.7. The number of nitrogens with two attached hydrogens (primary N) is 1. The van der Waals surface area contributed by atoms with Gasteiger partial charge >= 0.3 is 5.97 Å². The summed E-state index contributed by atoms with van der Waals surface area (Å²) in [6.45, 7) is 4.00. The highest BCUT2D eigenvalue weighted by molar-refractivity contribution is 5.95. The van der Waals surface area contributed by atoms with Gasteiger partial charge in [-0.05, 0) is 6.07 Å². The first-order valence-corrected chi connectivity index (χ1v) is 4.68. The van der Waals surface area contributed by atoms with Crippen molar-refractivity contribution >= 4 is 17.3 Å². The fourth-order valence-corrected chi connectivity index (χ4v) is 0.945. The van der Waals surface area contributed by atoms with Crippen LogP contribution in [0.25, 0.3) is 0 Å². The second kappa shape index (κ2) is 6.39. The summed E-state index contributed by atoms with van der Waals surface area (Å²) < 4.78 is 4.41. The number of esters is 1. The van der Waals surface area contributed by atoms with Gasteiger partial charge in [0.05, 0.1) is 17.6 Å². The maximum atomic E-state index is 11.1. The first-order chi connectivity index (χ1) is 7.56. The van der Waals surface area contributed by atoms with Crippen LogP contribution in [0.2, 0.25) is 0 Å². The minimum Gasteiger partial charge on any atom is -0.465 e. The molecule has 0 saturated heterocycles. The first-order valence-electron chi connectivity index (χ1n) is 4.68. The number of hydrogen-bond donors (Lipinski definition) is 1. The Morgan fingerprint density at radius 1 is 1.44 bits per heavy atom. The maximum Gasteiger partial charge on any atom is 0.340 e. The van der Waals surface area contributed by atoms with E-state index in [4.69, 9.17) is 5.73 Å². The summed E-state index contributed by atoms with van der Waals surface area (Å²) in [4.78, 5) is 20.9. The molecule has 6 nitrogen and oxygen atoms in total. The van der Waals surface area contributed by atoms with Crippen LogP contribution < -0.4 is 5.73 Å². The molecule has 0 bridgehead atoms. The molecule has 6 heteroatoms. The standard InChI is InChI=1S/C8H8N2O4.C2H6/c1-14-8(11)6-4-5(10(12)13)2-3-7(6)9;1-2/h2-4H,9H2,1H3;1-2H3. The lowest BCUT2D eigenvalue weighted by atomic mass is 10.1. The largest absolute Gasteiger partial charge is 0.465 e. The summed E-state index contributed by atoms with van der Waals surface area (Å²) in [5.74, 6) is -0.689. The molecule has 16 heavy (non-hydrogen) atoms. The second-order valence-corrected chi connectivity index (χ2v) is 2.52. The third-order valence-corrected chi connectivity index (χ3v) is 1.65. The summed E-state index contributed by atoms with van der Waals surface area (Å²) in [6, 6.07) is 3.60. The van der Waals surface area contributed by atoms with E-state index >= 15 is 0 Å². The van der Waals surface area contributed by atoms with E-state index in [1.165, 1.54) is 19.2 Å². The van der Waals surface area contributed by atoms with Crippen molar-refractivity contribution in [2.75, 3.05) is 12.8 Å². The highest BCUT2D eigenvalue weighted by Crippen LogP contribution is 2.19. The number of benzene rings is 1. The minimum absolute atomic E-state index is 0.00157. The van der Waals surface area contributed by atoms with E-state index in [-0.39, 0.29) is 16.9 Å². The van der Waals surface area contributed by atoms with Gasteiger partial charge in [-0.1, -0.05) is 13.8 Å². The number of rotatable bonds is 2. The van der Waals surface area contributed by atoms with Crippen molar-refractivity contribution in [1.29, 1.82) is 0 Å². The number of methoxy groups -OCH3 is 1. The van der Waals surface area contributed by atoms with Crippen molar-refractivity contribution in [1.82, 2.24) is 0 Å². The molecule has 0 heterocycles. The van der Waals surface area contributed by atoms with E-state index in [0.29, 0.717) is 0 Å². The van der Waals surface area contributed by atoms with Crippen LogP contribution >= 0.6 is 0 Å². The molecule has 0 radical (unpaired) electrons. The molecule has 1 aromatic rings. The van der Waals surface area contributed by atoms with Gasteiger partial charge in [0, 0.05) is 17.8 Å². The molecule has 0 unspecified atom stereocenters. The molecule has 0 atom stereocenters. The van der Waals surface area contributed by atoms with Crippen LogP contribution in [0.4, 0.5) is 11.4 Å². The Hall–Kier alpha value is -2.11. The second-order valence-electron chi connectivity index (χ2n) is 2.52. The fraction of sp³-hybridized carbons (Fsp3) is 0.300. The van der Waals surface area contributed by atoms with Gasteiger partial charge in [-0.25, -0.2) is 4.79 Å². The number of carbonyl (C=O) groups excluding carboxylic acids is 1. The average Bonchev–Trinajstić information content (AvgIpc) is 2.31. The molecule has 0 fully saturated rings. The van der Waals surface area contributed by atoms with Gasteiger partial charge in [0.1, 0.15) is 0 Å². The van der Waals surface area contributed by atoms with E-state index in [1.807, 2.05) is 13.8 Å². The predicted molar refractivity (Wildman–Crippen MR) is 60.2 cm³/mol. The number of nitrogen functional groups attached to an aromatic ring is 1. The Bertz CT molecular complexity index is 390. The molecule has 0 aliphatic rings. The number of nitrogens with zero attached hydrogens (tertiary/aromatic N) is 1. The van der Waals surface area contributed by atoms with E-state index < -0.39 is 10.9 Å². The highest BCUT2D eigenvalue weighted by Gasteiger charge is 2.15. The Morgan fingerprint density at radius 2 is 2.00 bits per heavy atom. The van der Waals surface area contributed by atoms with Crippen molar-refractivity contribution in [2.24, 2.45) is 0 Å². The fourth-order valence-electron chi connectivity index (χ4n) is 0.945. The molecule has 0 saturated carbocycles. The van der Waals surface area contributed by atoms with Crippen LogP contribution in [0.15, 0.2) is 18.2 Å². The maximum absolute atomic E-state index is 11.1. The number of ether oxygens (including phenoxy) is 1. The number of carbonyl (C=O) groups is 1.